The highest BCUT2D eigenvalue weighted by atomic mass is 19.3. The van der Waals surface area contributed by atoms with E-state index >= 15 is 0 Å². The zero-order valence-electron chi connectivity index (χ0n) is 17.4. The van der Waals surface area contributed by atoms with Crippen molar-refractivity contribution in [3.8, 4) is 11.5 Å². The monoisotopic (exact) mass is 424 g/mol. The average Bonchev–Trinajstić information content (AvgIpc) is 2.69. The van der Waals surface area contributed by atoms with Crippen LogP contribution in [0.3, 0.4) is 0 Å². The lowest BCUT2D eigenvalue weighted by atomic mass is 9.77. The second-order valence-electron chi connectivity index (χ2n) is 7.89. The Hall–Kier alpha value is -2.24. The van der Waals surface area contributed by atoms with Gasteiger partial charge in [0.25, 0.3) is 0 Å². The van der Waals surface area contributed by atoms with Gasteiger partial charge in [0.15, 0.2) is 0 Å². The lowest BCUT2D eigenvalue weighted by molar-refractivity contribution is -0.189. The highest BCUT2D eigenvalue weighted by molar-refractivity contribution is 5.34. The number of alkyl halides is 2. The van der Waals surface area contributed by atoms with Gasteiger partial charge in [-0.2, -0.15) is 8.78 Å². The molecule has 0 saturated heterocycles. The van der Waals surface area contributed by atoms with Crippen LogP contribution < -0.4 is 9.47 Å². The first-order valence-electron chi connectivity index (χ1n) is 10.6. The van der Waals surface area contributed by atoms with Crippen LogP contribution in [0.2, 0.25) is 0 Å². The van der Waals surface area contributed by atoms with Crippen LogP contribution in [-0.4, -0.2) is 6.61 Å². The Kier molecular flexibility index (Phi) is 7.27. The van der Waals surface area contributed by atoms with Crippen LogP contribution >= 0.6 is 0 Å². The molecule has 0 spiro atoms. The molecule has 1 aliphatic rings. The van der Waals surface area contributed by atoms with E-state index in [1.54, 1.807) is 6.92 Å². The summed E-state index contributed by atoms with van der Waals surface area (Å²) in [6.07, 6.45) is 1.78. The van der Waals surface area contributed by atoms with E-state index in [-0.39, 0.29) is 11.7 Å². The first-order valence-corrected chi connectivity index (χ1v) is 10.6. The predicted octanol–water partition coefficient (Wildman–Crippen LogP) is 7.57. The van der Waals surface area contributed by atoms with Crippen LogP contribution in [0.4, 0.5) is 17.6 Å². The predicted molar refractivity (Wildman–Crippen MR) is 108 cm³/mol. The van der Waals surface area contributed by atoms with E-state index in [0.29, 0.717) is 23.8 Å². The van der Waals surface area contributed by atoms with E-state index in [2.05, 4.69) is 11.7 Å². The topological polar surface area (TPSA) is 18.5 Å². The van der Waals surface area contributed by atoms with E-state index in [4.69, 9.17) is 4.74 Å². The van der Waals surface area contributed by atoms with Gasteiger partial charge in [-0.05, 0) is 86.4 Å². The fourth-order valence-electron chi connectivity index (χ4n) is 4.27. The van der Waals surface area contributed by atoms with Crippen LogP contribution in [0.15, 0.2) is 36.4 Å². The molecule has 0 aliphatic heterocycles. The third-order valence-corrected chi connectivity index (χ3v) is 5.75. The second kappa shape index (κ2) is 9.71. The molecule has 164 valence electrons. The number of hydrogen-bond donors (Lipinski definition) is 0. The van der Waals surface area contributed by atoms with Crippen molar-refractivity contribution in [1.82, 2.24) is 0 Å². The lowest BCUT2D eigenvalue weighted by Gasteiger charge is -2.29. The van der Waals surface area contributed by atoms with Gasteiger partial charge in [-0.1, -0.05) is 19.8 Å². The maximum atomic E-state index is 14.6. The quantitative estimate of drug-likeness (QED) is 0.407. The Morgan fingerprint density at radius 3 is 2.00 bits per heavy atom. The molecule has 1 saturated carbocycles. The van der Waals surface area contributed by atoms with Crippen molar-refractivity contribution in [2.24, 2.45) is 5.92 Å². The lowest BCUT2D eigenvalue weighted by Crippen LogP contribution is -2.25. The Balaban J connectivity index is 1.75. The van der Waals surface area contributed by atoms with Gasteiger partial charge < -0.3 is 9.47 Å². The fraction of sp³-hybridized carbons (Fsp3) is 0.500. The smallest absolute Gasteiger partial charge is 0.432 e. The summed E-state index contributed by atoms with van der Waals surface area (Å²) in [4.78, 5) is 0. The molecule has 0 amide bonds. The molecule has 0 atom stereocenters. The Morgan fingerprint density at radius 1 is 0.900 bits per heavy atom. The zero-order valence-corrected chi connectivity index (χ0v) is 17.4. The summed E-state index contributed by atoms with van der Waals surface area (Å²) < 4.78 is 68.3. The van der Waals surface area contributed by atoms with Crippen LogP contribution in [0, 0.1) is 17.6 Å². The summed E-state index contributed by atoms with van der Waals surface area (Å²) >= 11 is 0. The molecule has 2 aromatic rings. The fourth-order valence-corrected chi connectivity index (χ4v) is 4.27. The molecular formula is C24H28F4O2. The normalized spacial score (nSPS) is 19.5. The van der Waals surface area contributed by atoms with Gasteiger partial charge in [-0.15, -0.1) is 0 Å². The molecule has 0 N–H and O–H groups in total. The second-order valence-corrected chi connectivity index (χ2v) is 7.89. The van der Waals surface area contributed by atoms with Gasteiger partial charge >= 0.3 is 6.11 Å². The number of ether oxygens (including phenoxy) is 2. The molecule has 1 aliphatic carbocycles. The standard InChI is InChI=1S/C24H28F4O2/c1-3-5-16-6-8-17(9-7-16)18-14-21(25)23(22(26)15-18)24(27,28)30-20-12-10-19(11-13-20)29-4-2/h10-17H,3-9H2,1-2H3. The molecule has 2 nitrogen and oxygen atoms in total. The van der Waals surface area contributed by atoms with Crippen molar-refractivity contribution in [2.75, 3.05) is 6.61 Å². The number of halogens is 4. The van der Waals surface area contributed by atoms with Crippen molar-refractivity contribution in [3.63, 3.8) is 0 Å². The molecule has 6 heteroatoms. The molecule has 2 aromatic carbocycles. The van der Waals surface area contributed by atoms with Gasteiger partial charge in [0, 0.05) is 0 Å². The van der Waals surface area contributed by atoms with Crippen molar-refractivity contribution in [1.29, 1.82) is 0 Å². The van der Waals surface area contributed by atoms with Gasteiger partial charge in [0.2, 0.25) is 0 Å². The minimum absolute atomic E-state index is 0.00296. The van der Waals surface area contributed by atoms with Gasteiger partial charge in [0.1, 0.15) is 28.7 Å². The minimum Gasteiger partial charge on any atom is -0.494 e. The van der Waals surface area contributed by atoms with Crippen molar-refractivity contribution < 1.29 is 27.0 Å². The third kappa shape index (κ3) is 5.27. The van der Waals surface area contributed by atoms with E-state index in [1.807, 2.05) is 0 Å². The first-order chi connectivity index (χ1) is 14.3. The SMILES string of the molecule is CCCC1CCC(c2cc(F)c(C(F)(F)Oc3ccc(OCC)cc3)c(F)c2)CC1. The van der Waals surface area contributed by atoms with Crippen molar-refractivity contribution in [3.05, 3.63) is 59.2 Å². The zero-order chi connectivity index (χ0) is 21.7. The molecule has 0 aromatic heterocycles. The van der Waals surface area contributed by atoms with Crippen LogP contribution in [0.5, 0.6) is 11.5 Å². The highest BCUT2D eigenvalue weighted by Crippen LogP contribution is 2.41. The van der Waals surface area contributed by atoms with Crippen LogP contribution in [0.25, 0.3) is 0 Å². The molecular weight excluding hydrogens is 396 g/mol. The average molecular weight is 424 g/mol. The molecule has 0 unspecified atom stereocenters. The van der Waals surface area contributed by atoms with Crippen LogP contribution in [0.1, 0.15) is 69.4 Å². The van der Waals surface area contributed by atoms with E-state index < -0.39 is 23.3 Å². The van der Waals surface area contributed by atoms with Gasteiger partial charge in [-0.3, -0.25) is 0 Å². The molecule has 0 bridgehead atoms. The summed E-state index contributed by atoms with van der Waals surface area (Å²) in [5.41, 5.74) is -0.916. The van der Waals surface area contributed by atoms with Crippen molar-refractivity contribution >= 4 is 0 Å². The number of benzene rings is 2. The molecule has 0 heterocycles. The first kappa shape index (κ1) is 22.4. The highest BCUT2D eigenvalue weighted by Gasteiger charge is 2.41. The van der Waals surface area contributed by atoms with Gasteiger partial charge in [0.05, 0.1) is 6.61 Å². The number of rotatable bonds is 8. The molecule has 0 radical (unpaired) electrons. The summed E-state index contributed by atoms with van der Waals surface area (Å²) in [6, 6.07) is 7.55. The summed E-state index contributed by atoms with van der Waals surface area (Å²) in [6.45, 7) is 4.37. The van der Waals surface area contributed by atoms with Crippen molar-refractivity contribution in [2.45, 2.75) is 64.4 Å². The van der Waals surface area contributed by atoms with Gasteiger partial charge in [-0.25, -0.2) is 8.78 Å². The molecule has 30 heavy (non-hydrogen) atoms. The summed E-state index contributed by atoms with van der Waals surface area (Å²) in [5, 5.41) is 0. The minimum atomic E-state index is -4.14. The third-order valence-electron chi connectivity index (χ3n) is 5.75. The molecule has 3 rings (SSSR count). The maximum absolute atomic E-state index is 14.6. The van der Waals surface area contributed by atoms with Crippen LogP contribution in [-0.2, 0) is 6.11 Å². The Labute approximate surface area is 175 Å². The van der Waals surface area contributed by atoms with E-state index in [1.165, 1.54) is 24.3 Å². The van der Waals surface area contributed by atoms with E-state index in [9.17, 15) is 17.6 Å². The summed E-state index contributed by atoms with van der Waals surface area (Å²) in [5.74, 6) is -1.64. The summed E-state index contributed by atoms with van der Waals surface area (Å²) in [7, 11) is 0. The molecule has 1 fully saturated rings. The number of hydrogen-bond acceptors (Lipinski definition) is 2. The Bertz CT molecular complexity index is 805. The largest absolute Gasteiger partial charge is 0.494 e. The Morgan fingerprint density at radius 2 is 1.47 bits per heavy atom. The maximum Gasteiger partial charge on any atom is 0.432 e. The van der Waals surface area contributed by atoms with E-state index in [0.717, 1.165) is 50.7 Å².